The number of likely N-dealkylation sites (tertiary alicyclic amines) is 1. The molecule has 0 aliphatic carbocycles. The van der Waals surface area contributed by atoms with Crippen molar-refractivity contribution in [3.8, 4) is 0 Å². The highest BCUT2D eigenvalue weighted by Gasteiger charge is 2.32. The van der Waals surface area contributed by atoms with Crippen LogP contribution in [0.5, 0.6) is 0 Å². The third kappa shape index (κ3) is 4.57. The van der Waals surface area contributed by atoms with E-state index < -0.39 is 0 Å². The number of amides is 2. The van der Waals surface area contributed by atoms with Crippen LogP contribution in [0.3, 0.4) is 0 Å². The zero-order chi connectivity index (χ0) is 16.8. The number of hydrogen-bond donors (Lipinski definition) is 1. The van der Waals surface area contributed by atoms with Gasteiger partial charge in [-0.05, 0) is 31.2 Å². The van der Waals surface area contributed by atoms with Crippen molar-refractivity contribution in [1.29, 1.82) is 0 Å². The molecule has 2 amide bonds. The van der Waals surface area contributed by atoms with E-state index in [2.05, 4.69) is 17.4 Å². The molecule has 2 heterocycles. The highest BCUT2D eigenvalue weighted by molar-refractivity contribution is 5.83. The monoisotopic (exact) mass is 330 g/mol. The molecule has 2 fully saturated rings. The molecule has 1 N–H and O–H groups in total. The normalized spacial score (nSPS) is 21.9. The van der Waals surface area contributed by atoms with Gasteiger partial charge in [-0.15, -0.1) is 0 Å². The van der Waals surface area contributed by atoms with Crippen LogP contribution in [-0.2, 0) is 20.7 Å². The first-order valence-corrected chi connectivity index (χ1v) is 8.92. The highest BCUT2D eigenvalue weighted by atomic mass is 16.5. The van der Waals surface area contributed by atoms with Crippen molar-refractivity contribution in [2.75, 3.05) is 26.3 Å². The molecule has 24 heavy (non-hydrogen) atoms. The standard InChI is InChI=1S/C19H26N2O3/c22-18-13-17(20-19(23)16-8-11-24-12-9-16)14-21(18)10-4-7-15-5-2-1-3-6-15/h1-3,5-6,16-17H,4,7-14H2,(H,20,23). The molecule has 0 aromatic heterocycles. The molecule has 1 aromatic carbocycles. The maximum atomic E-state index is 12.3. The van der Waals surface area contributed by atoms with Gasteiger partial charge in [-0.2, -0.15) is 0 Å². The first-order valence-electron chi connectivity index (χ1n) is 8.92. The van der Waals surface area contributed by atoms with Crippen LogP contribution in [0.4, 0.5) is 0 Å². The van der Waals surface area contributed by atoms with Gasteiger partial charge in [0.05, 0.1) is 6.04 Å². The fourth-order valence-electron chi connectivity index (χ4n) is 3.48. The van der Waals surface area contributed by atoms with Gasteiger partial charge < -0.3 is 15.0 Å². The topological polar surface area (TPSA) is 58.6 Å². The number of rotatable bonds is 6. The summed E-state index contributed by atoms with van der Waals surface area (Å²) in [5.74, 6) is 0.281. The molecule has 0 spiro atoms. The summed E-state index contributed by atoms with van der Waals surface area (Å²) >= 11 is 0. The van der Waals surface area contributed by atoms with Crippen molar-refractivity contribution in [2.24, 2.45) is 5.92 Å². The Bertz CT molecular complexity index is 555. The molecule has 3 rings (SSSR count). The van der Waals surface area contributed by atoms with Gasteiger partial charge in [0.1, 0.15) is 0 Å². The fourth-order valence-corrected chi connectivity index (χ4v) is 3.48. The van der Waals surface area contributed by atoms with Gasteiger partial charge >= 0.3 is 0 Å². The predicted molar refractivity (Wildman–Crippen MR) is 91.4 cm³/mol. The smallest absolute Gasteiger partial charge is 0.224 e. The lowest BCUT2D eigenvalue weighted by Crippen LogP contribution is -2.42. The lowest BCUT2D eigenvalue weighted by atomic mass is 9.99. The largest absolute Gasteiger partial charge is 0.381 e. The summed E-state index contributed by atoms with van der Waals surface area (Å²) in [5.41, 5.74) is 1.30. The van der Waals surface area contributed by atoms with E-state index >= 15 is 0 Å². The lowest BCUT2D eigenvalue weighted by Gasteiger charge is -2.23. The molecule has 1 atom stereocenters. The number of hydrogen-bond acceptors (Lipinski definition) is 3. The van der Waals surface area contributed by atoms with Crippen LogP contribution in [0.15, 0.2) is 30.3 Å². The van der Waals surface area contributed by atoms with Crippen LogP contribution in [0.1, 0.15) is 31.2 Å². The van der Waals surface area contributed by atoms with Crippen LogP contribution in [-0.4, -0.2) is 49.1 Å². The molecular weight excluding hydrogens is 304 g/mol. The first kappa shape index (κ1) is 17.0. The van der Waals surface area contributed by atoms with E-state index in [1.54, 1.807) is 0 Å². The summed E-state index contributed by atoms with van der Waals surface area (Å²) in [5, 5.41) is 3.06. The Kier molecular flexibility index (Phi) is 5.86. The third-order valence-corrected chi connectivity index (χ3v) is 4.89. The number of carbonyl (C=O) groups is 2. The maximum Gasteiger partial charge on any atom is 0.224 e. The minimum Gasteiger partial charge on any atom is -0.381 e. The van der Waals surface area contributed by atoms with Crippen molar-refractivity contribution in [1.82, 2.24) is 10.2 Å². The Labute approximate surface area is 143 Å². The summed E-state index contributed by atoms with van der Waals surface area (Å²) in [4.78, 5) is 26.3. The second-order valence-corrected chi connectivity index (χ2v) is 6.73. The van der Waals surface area contributed by atoms with Gasteiger partial charge in [-0.3, -0.25) is 9.59 Å². The quantitative estimate of drug-likeness (QED) is 0.865. The number of ether oxygens (including phenoxy) is 1. The molecule has 5 heteroatoms. The summed E-state index contributed by atoms with van der Waals surface area (Å²) < 4.78 is 5.29. The number of nitrogens with zero attached hydrogens (tertiary/aromatic N) is 1. The molecule has 0 saturated carbocycles. The SMILES string of the molecule is O=C(NC1CC(=O)N(CCCc2ccccc2)C1)C1CCOCC1. The summed E-state index contributed by atoms with van der Waals surface area (Å²) in [6.45, 7) is 2.72. The number of carbonyl (C=O) groups excluding carboxylic acids is 2. The van der Waals surface area contributed by atoms with Gasteiger partial charge in [-0.1, -0.05) is 30.3 Å². The molecule has 1 aromatic rings. The van der Waals surface area contributed by atoms with Crippen LogP contribution >= 0.6 is 0 Å². The number of benzene rings is 1. The molecule has 2 aliphatic rings. The van der Waals surface area contributed by atoms with E-state index in [1.165, 1.54) is 5.56 Å². The first-order chi connectivity index (χ1) is 11.7. The highest BCUT2D eigenvalue weighted by Crippen LogP contribution is 2.17. The van der Waals surface area contributed by atoms with E-state index in [0.717, 1.165) is 32.2 Å². The van der Waals surface area contributed by atoms with Gasteiger partial charge in [0.2, 0.25) is 11.8 Å². The van der Waals surface area contributed by atoms with Crippen LogP contribution in [0, 0.1) is 5.92 Å². The van der Waals surface area contributed by atoms with Gasteiger partial charge in [0, 0.05) is 38.6 Å². The van der Waals surface area contributed by atoms with Crippen molar-refractivity contribution in [3.63, 3.8) is 0 Å². The molecule has 130 valence electrons. The van der Waals surface area contributed by atoms with Gasteiger partial charge in [-0.25, -0.2) is 0 Å². The van der Waals surface area contributed by atoms with Crippen LogP contribution < -0.4 is 5.32 Å². The van der Waals surface area contributed by atoms with Crippen molar-refractivity contribution < 1.29 is 14.3 Å². The fraction of sp³-hybridized carbons (Fsp3) is 0.579. The maximum absolute atomic E-state index is 12.3. The Morgan fingerprint density at radius 1 is 1.21 bits per heavy atom. The molecule has 2 aliphatic heterocycles. The van der Waals surface area contributed by atoms with Crippen molar-refractivity contribution >= 4 is 11.8 Å². The lowest BCUT2D eigenvalue weighted by molar-refractivity contribution is -0.128. The minimum absolute atomic E-state index is 0.0374. The van der Waals surface area contributed by atoms with Gasteiger partial charge in [0.15, 0.2) is 0 Å². The number of nitrogens with one attached hydrogen (secondary N) is 1. The van der Waals surface area contributed by atoms with Gasteiger partial charge in [0.25, 0.3) is 0 Å². The average molecular weight is 330 g/mol. The van der Waals surface area contributed by atoms with Crippen LogP contribution in [0.25, 0.3) is 0 Å². The van der Waals surface area contributed by atoms with E-state index in [9.17, 15) is 9.59 Å². The summed E-state index contributed by atoms with van der Waals surface area (Å²) in [6.07, 6.45) is 3.93. The second kappa shape index (κ2) is 8.29. The van der Waals surface area contributed by atoms with E-state index in [0.29, 0.717) is 26.2 Å². The molecule has 1 unspecified atom stereocenters. The Morgan fingerprint density at radius 2 is 1.96 bits per heavy atom. The van der Waals surface area contributed by atoms with E-state index in [-0.39, 0.29) is 23.8 Å². The molecule has 0 radical (unpaired) electrons. The summed E-state index contributed by atoms with van der Waals surface area (Å²) in [7, 11) is 0. The summed E-state index contributed by atoms with van der Waals surface area (Å²) in [6, 6.07) is 10.3. The molecular formula is C19H26N2O3. The minimum atomic E-state index is -0.0374. The van der Waals surface area contributed by atoms with E-state index in [1.807, 2.05) is 23.1 Å². The average Bonchev–Trinajstić information content (AvgIpc) is 2.96. The second-order valence-electron chi connectivity index (χ2n) is 6.73. The Hall–Kier alpha value is -1.88. The molecule has 2 saturated heterocycles. The third-order valence-electron chi connectivity index (χ3n) is 4.89. The van der Waals surface area contributed by atoms with E-state index in [4.69, 9.17) is 4.74 Å². The van der Waals surface area contributed by atoms with Crippen molar-refractivity contribution in [2.45, 2.75) is 38.1 Å². The zero-order valence-electron chi connectivity index (χ0n) is 14.1. The predicted octanol–water partition coefficient (Wildman–Crippen LogP) is 1.76. The van der Waals surface area contributed by atoms with Crippen molar-refractivity contribution in [3.05, 3.63) is 35.9 Å². The van der Waals surface area contributed by atoms with Crippen LogP contribution in [0.2, 0.25) is 0 Å². The Morgan fingerprint density at radius 3 is 2.71 bits per heavy atom. The Balaban J connectivity index is 1.41. The number of aryl methyl sites for hydroxylation is 1. The molecule has 0 bridgehead atoms. The zero-order valence-corrected chi connectivity index (χ0v) is 14.1. The molecule has 5 nitrogen and oxygen atoms in total.